The Hall–Kier alpha value is -2.13. The fourth-order valence-corrected chi connectivity index (χ4v) is 4.65. The van der Waals surface area contributed by atoms with Crippen molar-refractivity contribution in [3.05, 3.63) is 10.5 Å². The van der Waals surface area contributed by atoms with Gasteiger partial charge in [-0.15, -0.1) is 0 Å². The molecule has 2 fully saturated rings. The normalized spacial score (nSPS) is 22.7. The van der Waals surface area contributed by atoms with Crippen LogP contribution in [0.2, 0.25) is 0 Å². The molecule has 0 radical (unpaired) electrons. The van der Waals surface area contributed by atoms with Gasteiger partial charge in [-0.05, 0) is 38.0 Å². The number of imidazole rings is 1. The summed E-state index contributed by atoms with van der Waals surface area (Å²) in [5, 5.41) is 3.23. The van der Waals surface area contributed by atoms with Crippen LogP contribution in [0.25, 0.3) is 11.2 Å². The van der Waals surface area contributed by atoms with Gasteiger partial charge in [0.2, 0.25) is 5.95 Å². The molecule has 4 N–H and O–H groups in total. The SMILES string of the molecule is CCCCNc1nc(N)c2[nH]c(=O)n(C(CCCC3CCOC3)C3CCOC3)c2n1. The van der Waals surface area contributed by atoms with Gasteiger partial charge in [0.15, 0.2) is 11.5 Å². The van der Waals surface area contributed by atoms with E-state index >= 15 is 0 Å². The number of rotatable bonds is 10. The van der Waals surface area contributed by atoms with Crippen LogP contribution in [0.3, 0.4) is 0 Å². The lowest BCUT2D eigenvalue weighted by molar-refractivity contribution is 0.167. The van der Waals surface area contributed by atoms with Crippen LogP contribution in [0.4, 0.5) is 11.8 Å². The van der Waals surface area contributed by atoms with E-state index in [2.05, 4.69) is 27.2 Å². The Balaban J connectivity index is 1.61. The number of aromatic nitrogens is 4. The first kappa shape index (κ1) is 21.1. The minimum Gasteiger partial charge on any atom is -0.382 e. The number of nitrogens with two attached hydrogens (primary N) is 1. The van der Waals surface area contributed by atoms with E-state index in [1.165, 1.54) is 0 Å². The van der Waals surface area contributed by atoms with E-state index in [0.29, 0.717) is 41.4 Å². The Morgan fingerprint density at radius 2 is 2.07 bits per heavy atom. The minimum absolute atomic E-state index is 0.0360. The molecule has 2 aromatic rings. The van der Waals surface area contributed by atoms with Gasteiger partial charge in [-0.25, -0.2) is 4.79 Å². The van der Waals surface area contributed by atoms with E-state index in [1.807, 2.05) is 4.57 Å². The largest absolute Gasteiger partial charge is 0.382 e. The third-order valence-corrected chi connectivity index (χ3v) is 6.39. The number of nitrogens with zero attached hydrogens (tertiary/aromatic N) is 3. The lowest BCUT2D eigenvalue weighted by Gasteiger charge is -2.24. The average molecular weight is 419 g/mol. The van der Waals surface area contributed by atoms with Gasteiger partial charge in [-0.3, -0.25) is 4.57 Å². The van der Waals surface area contributed by atoms with E-state index in [0.717, 1.165) is 71.3 Å². The number of aromatic amines is 1. The summed E-state index contributed by atoms with van der Waals surface area (Å²) in [6.45, 7) is 6.07. The maximum atomic E-state index is 13.0. The number of nitrogens with one attached hydrogen (secondary N) is 2. The second-order valence-corrected chi connectivity index (χ2v) is 8.56. The number of hydrogen-bond acceptors (Lipinski definition) is 7. The van der Waals surface area contributed by atoms with E-state index in [4.69, 9.17) is 15.2 Å². The second-order valence-electron chi connectivity index (χ2n) is 8.56. The molecule has 30 heavy (non-hydrogen) atoms. The van der Waals surface area contributed by atoms with Crippen molar-refractivity contribution in [1.82, 2.24) is 19.5 Å². The van der Waals surface area contributed by atoms with Crippen molar-refractivity contribution in [2.24, 2.45) is 11.8 Å². The van der Waals surface area contributed by atoms with Crippen molar-refractivity contribution >= 4 is 22.9 Å². The molecule has 2 aliphatic rings. The lowest BCUT2D eigenvalue weighted by Crippen LogP contribution is -2.29. The number of anilines is 2. The quantitative estimate of drug-likeness (QED) is 0.507. The highest BCUT2D eigenvalue weighted by atomic mass is 16.5. The molecule has 4 heterocycles. The standard InChI is InChI=1S/C21H34N6O3/c1-2-3-9-23-20-25-18(22)17-19(26-20)27(21(28)24-17)16(15-8-11-30-13-15)6-4-5-14-7-10-29-12-14/h14-16H,2-13H2,1H3,(H,24,28)(H3,22,23,25,26). The molecule has 9 nitrogen and oxygen atoms in total. The molecule has 0 amide bonds. The molecule has 0 spiro atoms. The molecular weight excluding hydrogens is 384 g/mol. The van der Waals surface area contributed by atoms with Crippen LogP contribution in [0.5, 0.6) is 0 Å². The third-order valence-electron chi connectivity index (χ3n) is 6.39. The Kier molecular flexibility index (Phi) is 6.89. The van der Waals surface area contributed by atoms with Gasteiger partial charge in [0.1, 0.15) is 5.52 Å². The molecule has 3 unspecified atom stereocenters. The molecule has 4 rings (SSSR count). The number of ether oxygens (including phenoxy) is 2. The minimum atomic E-state index is -0.169. The first-order chi connectivity index (χ1) is 14.7. The smallest absolute Gasteiger partial charge is 0.328 e. The van der Waals surface area contributed by atoms with Gasteiger partial charge in [0.25, 0.3) is 0 Å². The fourth-order valence-electron chi connectivity index (χ4n) is 4.65. The summed E-state index contributed by atoms with van der Waals surface area (Å²) in [6.07, 6.45) is 7.29. The van der Waals surface area contributed by atoms with Crippen LogP contribution in [0, 0.1) is 11.8 Å². The molecular formula is C21H34N6O3. The second kappa shape index (κ2) is 9.78. The molecule has 2 saturated heterocycles. The number of nitrogen functional groups attached to an aromatic ring is 1. The first-order valence-electron chi connectivity index (χ1n) is 11.3. The van der Waals surface area contributed by atoms with Gasteiger partial charge in [-0.2, -0.15) is 9.97 Å². The number of fused-ring (bicyclic) bond motifs is 1. The molecule has 0 saturated carbocycles. The zero-order chi connectivity index (χ0) is 20.9. The van der Waals surface area contributed by atoms with Crippen LogP contribution >= 0.6 is 0 Å². The van der Waals surface area contributed by atoms with Crippen LogP contribution in [0.15, 0.2) is 4.79 Å². The Morgan fingerprint density at radius 3 is 2.80 bits per heavy atom. The van der Waals surface area contributed by atoms with Crippen molar-refractivity contribution in [2.45, 2.75) is 57.9 Å². The molecule has 166 valence electrons. The molecule has 2 aliphatic heterocycles. The maximum Gasteiger partial charge on any atom is 0.328 e. The topological polar surface area (TPSA) is 120 Å². The van der Waals surface area contributed by atoms with Gasteiger partial charge in [0.05, 0.1) is 6.61 Å². The van der Waals surface area contributed by atoms with Crippen molar-refractivity contribution in [2.75, 3.05) is 44.0 Å². The molecule has 2 aromatic heterocycles. The average Bonchev–Trinajstić information content (AvgIpc) is 3.48. The van der Waals surface area contributed by atoms with Crippen molar-refractivity contribution in [3.8, 4) is 0 Å². The zero-order valence-electron chi connectivity index (χ0n) is 17.9. The number of hydrogen-bond donors (Lipinski definition) is 3. The Labute approximate surface area is 176 Å². The number of unbranched alkanes of at least 4 members (excludes halogenated alkanes) is 1. The van der Waals surface area contributed by atoms with E-state index in [9.17, 15) is 4.79 Å². The molecule has 0 aliphatic carbocycles. The van der Waals surface area contributed by atoms with Crippen molar-refractivity contribution in [3.63, 3.8) is 0 Å². The molecule has 0 aromatic carbocycles. The predicted octanol–water partition coefficient (Wildman–Crippen LogP) is 2.70. The van der Waals surface area contributed by atoms with Crippen molar-refractivity contribution in [1.29, 1.82) is 0 Å². The van der Waals surface area contributed by atoms with Crippen molar-refractivity contribution < 1.29 is 9.47 Å². The van der Waals surface area contributed by atoms with E-state index < -0.39 is 0 Å². The van der Waals surface area contributed by atoms with Gasteiger partial charge in [0, 0.05) is 38.3 Å². The Bertz CT molecular complexity index is 883. The summed E-state index contributed by atoms with van der Waals surface area (Å²) in [5.74, 6) is 1.72. The zero-order valence-corrected chi connectivity index (χ0v) is 17.9. The van der Waals surface area contributed by atoms with Crippen LogP contribution in [-0.2, 0) is 9.47 Å². The Morgan fingerprint density at radius 1 is 1.23 bits per heavy atom. The summed E-state index contributed by atoms with van der Waals surface area (Å²) in [5.41, 5.74) is 7.11. The van der Waals surface area contributed by atoms with Gasteiger partial charge < -0.3 is 25.5 Å². The maximum absolute atomic E-state index is 13.0. The summed E-state index contributed by atoms with van der Waals surface area (Å²) >= 11 is 0. The number of H-pyrrole nitrogens is 1. The first-order valence-corrected chi connectivity index (χ1v) is 11.3. The predicted molar refractivity (Wildman–Crippen MR) is 117 cm³/mol. The van der Waals surface area contributed by atoms with Gasteiger partial charge >= 0.3 is 5.69 Å². The van der Waals surface area contributed by atoms with Crippen LogP contribution < -0.4 is 16.7 Å². The van der Waals surface area contributed by atoms with Crippen LogP contribution in [0.1, 0.15) is 57.9 Å². The highest BCUT2D eigenvalue weighted by Crippen LogP contribution is 2.33. The third kappa shape index (κ3) is 4.62. The highest BCUT2D eigenvalue weighted by Gasteiger charge is 2.31. The highest BCUT2D eigenvalue weighted by molar-refractivity contribution is 5.83. The summed E-state index contributed by atoms with van der Waals surface area (Å²) in [4.78, 5) is 24.9. The fraction of sp³-hybridized carbons (Fsp3) is 0.762. The van der Waals surface area contributed by atoms with E-state index in [1.54, 1.807) is 0 Å². The van der Waals surface area contributed by atoms with Crippen LogP contribution in [-0.4, -0.2) is 52.5 Å². The van der Waals surface area contributed by atoms with Gasteiger partial charge in [-0.1, -0.05) is 19.8 Å². The summed E-state index contributed by atoms with van der Waals surface area (Å²) in [6, 6.07) is 0.0360. The van der Waals surface area contributed by atoms with E-state index in [-0.39, 0.29) is 11.7 Å². The monoisotopic (exact) mass is 418 g/mol. The summed E-state index contributed by atoms with van der Waals surface area (Å²) < 4.78 is 13.0. The lowest BCUT2D eigenvalue weighted by atomic mass is 9.91. The summed E-state index contributed by atoms with van der Waals surface area (Å²) in [7, 11) is 0. The molecule has 0 bridgehead atoms. The molecule has 9 heteroatoms. The molecule has 3 atom stereocenters.